The lowest BCUT2D eigenvalue weighted by molar-refractivity contribution is 0.102. The van der Waals surface area contributed by atoms with Crippen LogP contribution in [0.1, 0.15) is 39.9 Å². The van der Waals surface area contributed by atoms with Crippen LogP contribution in [-0.4, -0.2) is 25.7 Å². The summed E-state index contributed by atoms with van der Waals surface area (Å²) in [4.78, 5) is 13.0. The number of nitrogens with one attached hydrogen (secondary N) is 1. The van der Waals surface area contributed by atoms with Crippen molar-refractivity contribution in [3.8, 4) is 0 Å². The van der Waals surface area contributed by atoms with Gasteiger partial charge in [0.1, 0.15) is 0 Å². The van der Waals surface area contributed by atoms with Crippen molar-refractivity contribution < 1.29 is 4.79 Å². The summed E-state index contributed by atoms with van der Waals surface area (Å²) in [7, 11) is 0. The number of aromatic nitrogens is 4. The number of halogens is 1. The van der Waals surface area contributed by atoms with Crippen molar-refractivity contribution in [1.29, 1.82) is 0 Å². The van der Waals surface area contributed by atoms with Crippen molar-refractivity contribution in [2.45, 2.75) is 25.7 Å². The van der Waals surface area contributed by atoms with Crippen LogP contribution in [0.3, 0.4) is 0 Å². The van der Waals surface area contributed by atoms with Crippen molar-refractivity contribution in [2.75, 3.05) is 5.32 Å². The maximum atomic E-state index is 12.3. The van der Waals surface area contributed by atoms with E-state index in [1.54, 1.807) is 4.52 Å². The molecular formula is C14H12BrN5OS. The smallest absolute Gasteiger partial charge is 0.286 e. The van der Waals surface area contributed by atoms with Gasteiger partial charge in [-0.15, -0.1) is 15.3 Å². The number of aryl methyl sites for hydroxylation is 1. The second-order valence-electron chi connectivity index (χ2n) is 5.35. The highest BCUT2D eigenvalue weighted by atomic mass is 79.9. The van der Waals surface area contributed by atoms with E-state index in [2.05, 4.69) is 36.5 Å². The van der Waals surface area contributed by atoms with E-state index in [1.165, 1.54) is 11.3 Å². The Bertz CT molecular complexity index is 883. The molecule has 0 spiro atoms. The number of nitrogens with zero attached hydrogens (tertiary/aromatic N) is 4. The number of carbonyl (C=O) groups excluding carboxylic acids is 1. The van der Waals surface area contributed by atoms with E-state index in [4.69, 9.17) is 0 Å². The molecule has 1 saturated carbocycles. The number of fused-ring (bicyclic) bond motifs is 1. The lowest BCUT2D eigenvalue weighted by Crippen LogP contribution is -2.12. The summed E-state index contributed by atoms with van der Waals surface area (Å²) >= 11 is 4.71. The molecule has 3 aromatic rings. The Labute approximate surface area is 138 Å². The fourth-order valence-corrected chi connectivity index (χ4v) is 3.30. The molecule has 1 fully saturated rings. The Kier molecular flexibility index (Phi) is 3.23. The molecule has 2 aromatic heterocycles. The second-order valence-corrected chi connectivity index (χ2v) is 7.16. The van der Waals surface area contributed by atoms with Crippen LogP contribution >= 0.6 is 27.3 Å². The first-order valence-corrected chi connectivity index (χ1v) is 8.52. The average Bonchev–Trinajstić information content (AvgIpc) is 3.10. The summed E-state index contributed by atoms with van der Waals surface area (Å²) < 4.78 is 2.65. The van der Waals surface area contributed by atoms with Crippen LogP contribution in [-0.2, 0) is 0 Å². The molecule has 0 saturated heterocycles. The van der Waals surface area contributed by atoms with Gasteiger partial charge in [0.25, 0.3) is 5.91 Å². The third-order valence-electron chi connectivity index (χ3n) is 3.58. The highest BCUT2D eigenvalue weighted by Gasteiger charge is 2.30. The van der Waals surface area contributed by atoms with Crippen molar-refractivity contribution in [3.63, 3.8) is 0 Å². The molecule has 0 unspecified atom stereocenters. The minimum absolute atomic E-state index is 0.229. The van der Waals surface area contributed by atoms with Crippen molar-refractivity contribution in [3.05, 3.63) is 39.1 Å². The summed E-state index contributed by atoms with van der Waals surface area (Å²) in [5.41, 5.74) is 1.85. The van der Waals surface area contributed by atoms with Crippen molar-refractivity contribution in [1.82, 2.24) is 19.8 Å². The van der Waals surface area contributed by atoms with Gasteiger partial charge in [0.2, 0.25) is 9.97 Å². The first kappa shape index (κ1) is 13.8. The summed E-state index contributed by atoms with van der Waals surface area (Å²) in [6.07, 6.45) is 2.24. The molecule has 8 heteroatoms. The molecule has 1 amide bonds. The van der Waals surface area contributed by atoms with E-state index < -0.39 is 0 Å². The molecule has 112 valence electrons. The highest BCUT2D eigenvalue weighted by molar-refractivity contribution is 9.10. The minimum atomic E-state index is -0.229. The van der Waals surface area contributed by atoms with Crippen LogP contribution in [0.5, 0.6) is 0 Å². The predicted octanol–water partition coefficient (Wildman–Crippen LogP) is 3.39. The van der Waals surface area contributed by atoms with Crippen LogP contribution in [0.15, 0.2) is 22.7 Å². The molecule has 1 aromatic carbocycles. The minimum Gasteiger partial charge on any atom is -0.320 e. The summed E-state index contributed by atoms with van der Waals surface area (Å²) in [5, 5.41) is 15.9. The summed E-state index contributed by atoms with van der Waals surface area (Å²) in [5.74, 6) is 1.08. The van der Waals surface area contributed by atoms with Gasteiger partial charge < -0.3 is 5.32 Å². The van der Waals surface area contributed by atoms with E-state index in [0.717, 1.165) is 34.4 Å². The van der Waals surface area contributed by atoms with Gasteiger partial charge in [-0.1, -0.05) is 33.3 Å². The Morgan fingerprint density at radius 2 is 2.23 bits per heavy atom. The van der Waals surface area contributed by atoms with E-state index in [0.29, 0.717) is 15.9 Å². The lowest BCUT2D eigenvalue weighted by atomic mass is 10.2. The van der Waals surface area contributed by atoms with Crippen LogP contribution in [0.2, 0.25) is 0 Å². The zero-order chi connectivity index (χ0) is 15.3. The number of carbonyl (C=O) groups is 1. The number of hydrogen-bond donors (Lipinski definition) is 1. The maximum absolute atomic E-state index is 12.3. The van der Waals surface area contributed by atoms with Gasteiger partial charge >= 0.3 is 0 Å². The second kappa shape index (κ2) is 5.13. The molecule has 1 aliphatic carbocycles. The van der Waals surface area contributed by atoms with Crippen molar-refractivity contribution in [2.24, 2.45) is 0 Å². The van der Waals surface area contributed by atoms with E-state index >= 15 is 0 Å². The molecule has 0 aliphatic heterocycles. The topological polar surface area (TPSA) is 72.2 Å². The molecule has 0 bridgehead atoms. The number of hydrogen-bond acceptors (Lipinski definition) is 5. The Morgan fingerprint density at radius 3 is 2.95 bits per heavy atom. The highest BCUT2D eigenvalue weighted by Crippen LogP contribution is 2.39. The SMILES string of the molecule is Cc1ccc(NC(=O)c2nn3c(C4CC4)nnc3s2)cc1Br. The van der Waals surface area contributed by atoms with E-state index in [1.807, 2.05) is 25.1 Å². The maximum Gasteiger partial charge on any atom is 0.286 e. The molecule has 0 atom stereocenters. The number of anilines is 1. The third-order valence-corrected chi connectivity index (χ3v) is 5.33. The molecular weight excluding hydrogens is 366 g/mol. The van der Waals surface area contributed by atoms with Crippen LogP contribution in [0, 0.1) is 6.92 Å². The normalized spacial score (nSPS) is 14.5. The quantitative estimate of drug-likeness (QED) is 0.759. The van der Waals surface area contributed by atoms with Gasteiger partial charge in [0.05, 0.1) is 0 Å². The fourth-order valence-electron chi connectivity index (χ4n) is 2.18. The molecule has 1 N–H and O–H groups in total. The van der Waals surface area contributed by atoms with Gasteiger partial charge in [-0.3, -0.25) is 4.79 Å². The van der Waals surface area contributed by atoms with E-state index in [9.17, 15) is 4.79 Å². The van der Waals surface area contributed by atoms with Gasteiger partial charge in [0, 0.05) is 16.1 Å². The Balaban J connectivity index is 1.60. The Hall–Kier alpha value is -1.80. The van der Waals surface area contributed by atoms with Crippen molar-refractivity contribution >= 4 is 43.8 Å². The average molecular weight is 378 g/mol. The van der Waals surface area contributed by atoms with Gasteiger partial charge in [-0.25, -0.2) is 0 Å². The molecule has 4 rings (SSSR count). The molecule has 2 heterocycles. The molecule has 0 radical (unpaired) electrons. The number of rotatable bonds is 3. The molecule has 6 nitrogen and oxygen atoms in total. The summed E-state index contributed by atoms with van der Waals surface area (Å²) in [6.45, 7) is 2.00. The monoisotopic (exact) mass is 377 g/mol. The zero-order valence-corrected chi connectivity index (χ0v) is 14.1. The number of amides is 1. The van der Waals surface area contributed by atoms with Gasteiger partial charge in [0.15, 0.2) is 5.82 Å². The number of benzene rings is 1. The first-order valence-electron chi connectivity index (χ1n) is 6.91. The Morgan fingerprint density at radius 1 is 1.41 bits per heavy atom. The standard InChI is InChI=1S/C14H12BrN5OS/c1-7-2-5-9(6-10(7)15)16-12(21)13-19-20-11(8-3-4-8)17-18-14(20)22-13/h2,5-6,8H,3-4H2,1H3,(H,16,21). The van der Waals surface area contributed by atoms with Gasteiger partial charge in [-0.05, 0) is 37.5 Å². The van der Waals surface area contributed by atoms with Crippen LogP contribution in [0.4, 0.5) is 5.69 Å². The first-order chi connectivity index (χ1) is 10.6. The summed E-state index contributed by atoms with van der Waals surface area (Å²) in [6, 6.07) is 5.69. The fraction of sp³-hybridized carbons (Fsp3) is 0.286. The third kappa shape index (κ3) is 2.42. The largest absolute Gasteiger partial charge is 0.320 e. The van der Waals surface area contributed by atoms with Crippen LogP contribution in [0.25, 0.3) is 4.96 Å². The van der Waals surface area contributed by atoms with Gasteiger partial charge in [-0.2, -0.15) is 4.52 Å². The lowest BCUT2D eigenvalue weighted by Gasteiger charge is -2.04. The predicted molar refractivity (Wildman–Crippen MR) is 87.5 cm³/mol. The van der Waals surface area contributed by atoms with E-state index in [-0.39, 0.29) is 5.91 Å². The zero-order valence-electron chi connectivity index (χ0n) is 11.7. The van der Waals surface area contributed by atoms with Crippen LogP contribution < -0.4 is 5.32 Å². The molecule has 1 aliphatic rings. The molecule has 22 heavy (non-hydrogen) atoms.